The molecule has 24 heavy (non-hydrogen) atoms. The largest absolute Gasteiger partial charge is 0.389 e. The van der Waals surface area contributed by atoms with Crippen molar-refractivity contribution in [2.75, 3.05) is 51.7 Å². The summed E-state index contributed by atoms with van der Waals surface area (Å²) in [6.07, 6.45) is 4.77. The van der Waals surface area contributed by atoms with E-state index in [1.807, 2.05) is 30.8 Å². The SMILES string of the molecule is Cc1nccnc1N1CC[C@@]2(O)CCN(C(=O)CN(C)C)C[C@H]2C1. The number of nitrogens with zero attached hydrogens (tertiary/aromatic N) is 5. The lowest BCUT2D eigenvalue weighted by molar-refractivity contribution is -0.141. The molecule has 3 heterocycles. The number of likely N-dealkylation sites (N-methyl/N-ethyl adjacent to an activating group) is 1. The number of aliphatic hydroxyl groups is 1. The molecule has 0 radical (unpaired) electrons. The van der Waals surface area contributed by atoms with E-state index in [-0.39, 0.29) is 11.8 Å². The maximum absolute atomic E-state index is 12.4. The van der Waals surface area contributed by atoms with Crippen LogP contribution in [0.2, 0.25) is 0 Å². The molecule has 0 spiro atoms. The number of hydrogen-bond donors (Lipinski definition) is 1. The van der Waals surface area contributed by atoms with E-state index in [0.717, 1.165) is 18.1 Å². The molecule has 0 bridgehead atoms. The van der Waals surface area contributed by atoms with Crippen LogP contribution in [0.4, 0.5) is 5.82 Å². The Bertz CT molecular complexity index is 608. The van der Waals surface area contributed by atoms with Gasteiger partial charge in [0.25, 0.3) is 0 Å². The highest BCUT2D eigenvalue weighted by atomic mass is 16.3. The van der Waals surface area contributed by atoms with Gasteiger partial charge in [-0.3, -0.25) is 9.78 Å². The fourth-order valence-electron chi connectivity index (χ4n) is 3.80. The van der Waals surface area contributed by atoms with Crippen LogP contribution in [0.15, 0.2) is 12.4 Å². The van der Waals surface area contributed by atoms with Crippen molar-refractivity contribution in [3.8, 4) is 0 Å². The fourth-order valence-corrected chi connectivity index (χ4v) is 3.80. The second-order valence-corrected chi connectivity index (χ2v) is 7.29. The Balaban J connectivity index is 1.72. The molecule has 0 saturated carbocycles. The van der Waals surface area contributed by atoms with Crippen LogP contribution in [0, 0.1) is 12.8 Å². The van der Waals surface area contributed by atoms with Crippen molar-refractivity contribution in [1.29, 1.82) is 0 Å². The van der Waals surface area contributed by atoms with Gasteiger partial charge in [-0.25, -0.2) is 4.98 Å². The number of amides is 1. The number of fused-ring (bicyclic) bond motifs is 1. The summed E-state index contributed by atoms with van der Waals surface area (Å²) in [5.74, 6) is 1.07. The average Bonchev–Trinajstić information content (AvgIpc) is 2.53. The minimum atomic E-state index is -0.665. The number of rotatable bonds is 3. The van der Waals surface area contributed by atoms with E-state index in [1.165, 1.54) is 0 Å². The normalized spacial score (nSPS) is 27.3. The summed E-state index contributed by atoms with van der Waals surface area (Å²) in [7, 11) is 3.80. The van der Waals surface area contributed by atoms with Gasteiger partial charge in [0.1, 0.15) is 5.82 Å². The number of piperidine rings is 2. The molecule has 2 aliphatic heterocycles. The van der Waals surface area contributed by atoms with Crippen LogP contribution in [0.1, 0.15) is 18.5 Å². The Kier molecular flexibility index (Phi) is 4.73. The second kappa shape index (κ2) is 6.64. The molecule has 1 aromatic rings. The molecule has 0 aliphatic carbocycles. The molecule has 7 heteroatoms. The van der Waals surface area contributed by atoms with Crippen molar-refractivity contribution in [3.63, 3.8) is 0 Å². The molecule has 3 rings (SSSR count). The van der Waals surface area contributed by atoms with E-state index >= 15 is 0 Å². The topological polar surface area (TPSA) is 72.8 Å². The monoisotopic (exact) mass is 333 g/mol. The Morgan fingerprint density at radius 3 is 2.71 bits per heavy atom. The summed E-state index contributed by atoms with van der Waals surface area (Å²) in [5.41, 5.74) is 0.237. The zero-order chi connectivity index (χ0) is 17.3. The van der Waals surface area contributed by atoms with E-state index in [0.29, 0.717) is 39.0 Å². The molecule has 1 amide bonds. The van der Waals surface area contributed by atoms with Crippen LogP contribution in [-0.4, -0.2) is 83.2 Å². The molecule has 132 valence electrons. The summed E-state index contributed by atoms with van der Waals surface area (Å²) >= 11 is 0. The summed E-state index contributed by atoms with van der Waals surface area (Å²) in [4.78, 5) is 27.1. The summed E-state index contributed by atoms with van der Waals surface area (Å²) in [6, 6.07) is 0. The molecule has 2 atom stereocenters. The molecule has 0 unspecified atom stereocenters. The highest BCUT2D eigenvalue weighted by Gasteiger charge is 2.46. The summed E-state index contributed by atoms with van der Waals surface area (Å²) in [5, 5.41) is 11.0. The van der Waals surface area contributed by atoms with Crippen LogP contribution in [0.5, 0.6) is 0 Å². The number of carbonyl (C=O) groups excluding carboxylic acids is 1. The lowest BCUT2D eigenvalue weighted by atomic mass is 9.75. The lowest BCUT2D eigenvalue weighted by Gasteiger charge is -2.50. The van der Waals surface area contributed by atoms with Gasteiger partial charge >= 0.3 is 0 Å². The second-order valence-electron chi connectivity index (χ2n) is 7.29. The summed E-state index contributed by atoms with van der Waals surface area (Å²) in [6.45, 7) is 5.11. The van der Waals surface area contributed by atoms with Crippen molar-refractivity contribution in [1.82, 2.24) is 19.8 Å². The lowest BCUT2D eigenvalue weighted by Crippen LogP contribution is -2.61. The van der Waals surface area contributed by atoms with E-state index < -0.39 is 5.60 Å². The van der Waals surface area contributed by atoms with Gasteiger partial charge in [-0.1, -0.05) is 0 Å². The molecule has 1 aromatic heterocycles. The highest BCUT2D eigenvalue weighted by Crippen LogP contribution is 2.37. The molecular weight excluding hydrogens is 306 g/mol. The molecular formula is C17H27N5O2. The van der Waals surface area contributed by atoms with Crippen molar-refractivity contribution in [2.24, 2.45) is 5.92 Å². The predicted octanol–water partition coefficient (Wildman–Crippen LogP) is 0.136. The van der Waals surface area contributed by atoms with Crippen LogP contribution in [0.3, 0.4) is 0 Å². The quantitative estimate of drug-likeness (QED) is 0.848. The number of anilines is 1. The van der Waals surface area contributed by atoms with Gasteiger partial charge < -0.3 is 19.8 Å². The minimum absolute atomic E-state index is 0.0486. The Morgan fingerprint density at radius 2 is 2.00 bits per heavy atom. The Hall–Kier alpha value is -1.73. The van der Waals surface area contributed by atoms with Crippen molar-refractivity contribution in [3.05, 3.63) is 18.1 Å². The van der Waals surface area contributed by atoms with E-state index in [1.54, 1.807) is 12.4 Å². The van der Waals surface area contributed by atoms with Gasteiger partial charge in [0.15, 0.2) is 0 Å². The average molecular weight is 333 g/mol. The van der Waals surface area contributed by atoms with Crippen LogP contribution >= 0.6 is 0 Å². The van der Waals surface area contributed by atoms with Crippen LogP contribution < -0.4 is 4.90 Å². The predicted molar refractivity (Wildman–Crippen MR) is 91.8 cm³/mol. The first-order valence-electron chi connectivity index (χ1n) is 8.56. The molecule has 1 N–H and O–H groups in total. The molecule has 2 saturated heterocycles. The third kappa shape index (κ3) is 3.37. The first-order valence-corrected chi connectivity index (χ1v) is 8.56. The Morgan fingerprint density at radius 1 is 1.29 bits per heavy atom. The first kappa shape index (κ1) is 17.1. The van der Waals surface area contributed by atoms with Gasteiger partial charge in [-0.15, -0.1) is 0 Å². The van der Waals surface area contributed by atoms with Crippen LogP contribution in [0.25, 0.3) is 0 Å². The van der Waals surface area contributed by atoms with E-state index in [4.69, 9.17) is 0 Å². The van der Waals surface area contributed by atoms with Gasteiger partial charge in [0.05, 0.1) is 17.8 Å². The molecule has 2 fully saturated rings. The standard InChI is InChI=1S/C17H27N5O2/c1-13-16(19-7-6-18-13)22-9-5-17(24)4-8-21(10-14(17)11-22)15(23)12-20(2)3/h6-7,14,24H,4-5,8-12H2,1-3H3/t14-,17-/m0/s1. The van der Waals surface area contributed by atoms with Crippen molar-refractivity contribution in [2.45, 2.75) is 25.4 Å². The third-order valence-electron chi connectivity index (χ3n) is 5.23. The van der Waals surface area contributed by atoms with E-state index in [2.05, 4.69) is 14.9 Å². The van der Waals surface area contributed by atoms with Crippen molar-refractivity contribution < 1.29 is 9.90 Å². The number of hydrogen-bond acceptors (Lipinski definition) is 6. The zero-order valence-corrected chi connectivity index (χ0v) is 14.8. The Labute approximate surface area is 143 Å². The van der Waals surface area contributed by atoms with Crippen LogP contribution in [-0.2, 0) is 4.79 Å². The molecule has 0 aromatic carbocycles. The highest BCUT2D eigenvalue weighted by molar-refractivity contribution is 5.78. The van der Waals surface area contributed by atoms with Gasteiger partial charge in [-0.2, -0.15) is 0 Å². The summed E-state index contributed by atoms with van der Waals surface area (Å²) < 4.78 is 0. The first-order chi connectivity index (χ1) is 11.4. The number of carbonyl (C=O) groups is 1. The fraction of sp³-hybridized carbons (Fsp3) is 0.706. The number of aromatic nitrogens is 2. The number of likely N-dealkylation sites (tertiary alicyclic amines) is 1. The zero-order valence-electron chi connectivity index (χ0n) is 14.8. The van der Waals surface area contributed by atoms with Gasteiger partial charge in [-0.05, 0) is 33.9 Å². The van der Waals surface area contributed by atoms with Gasteiger partial charge in [0.2, 0.25) is 5.91 Å². The minimum Gasteiger partial charge on any atom is -0.389 e. The van der Waals surface area contributed by atoms with Crippen molar-refractivity contribution >= 4 is 11.7 Å². The molecule has 7 nitrogen and oxygen atoms in total. The van der Waals surface area contributed by atoms with Gasteiger partial charge in [0, 0.05) is 44.5 Å². The maximum atomic E-state index is 12.4. The maximum Gasteiger partial charge on any atom is 0.236 e. The molecule has 2 aliphatic rings. The smallest absolute Gasteiger partial charge is 0.236 e. The number of aryl methyl sites for hydroxylation is 1. The third-order valence-corrected chi connectivity index (χ3v) is 5.23. The van der Waals surface area contributed by atoms with E-state index in [9.17, 15) is 9.90 Å².